The summed E-state index contributed by atoms with van der Waals surface area (Å²) in [5.74, 6) is 0.186. The number of H-pyrrole nitrogens is 1. The van der Waals surface area contributed by atoms with Crippen LogP contribution in [0.15, 0.2) is 29.1 Å². The van der Waals surface area contributed by atoms with Crippen molar-refractivity contribution in [3.63, 3.8) is 0 Å². The molecule has 4 rings (SSSR count). The van der Waals surface area contributed by atoms with E-state index < -0.39 is 0 Å². The van der Waals surface area contributed by atoms with E-state index in [1.807, 2.05) is 33.7 Å². The van der Waals surface area contributed by atoms with E-state index in [-0.39, 0.29) is 23.2 Å². The Morgan fingerprint density at radius 2 is 2.00 bits per heavy atom. The molecule has 0 atom stereocenters. The third-order valence-corrected chi connectivity index (χ3v) is 5.98. The third-order valence-electron chi connectivity index (χ3n) is 5.98. The average Bonchev–Trinajstić information content (AvgIpc) is 2.94. The molecule has 1 aliphatic heterocycles. The minimum atomic E-state index is -0.221. The number of ether oxygens (including phenoxy) is 1. The lowest BCUT2D eigenvalue weighted by molar-refractivity contribution is -0.145. The molecule has 0 spiro atoms. The van der Waals surface area contributed by atoms with Crippen LogP contribution in [0.3, 0.4) is 0 Å². The smallest absolute Gasteiger partial charge is 0.326 e. The van der Waals surface area contributed by atoms with Crippen LogP contribution in [-0.2, 0) is 9.53 Å². The topological polar surface area (TPSA) is 67.3 Å². The van der Waals surface area contributed by atoms with E-state index in [1.54, 1.807) is 7.11 Å². The number of rotatable bonds is 4. The Balaban J connectivity index is 1.43. The maximum absolute atomic E-state index is 12.6. The molecule has 1 saturated heterocycles. The number of para-hydroxylation sites is 2. The van der Waals surface area contributed by atoms with Gasteiger partial charge in [-0.15, -0.1) is 0 Å². The first-order chi connectivity index (χ1) is 12.1. The van der Waals surface area contributed by atoms with E-state index in [0.717, 1.165) is 43.1 Å². The SMILES string of the molecule is COC1(CC(=O)N2CCC(n3c(=O)[nH]c4ccccc43)CC2)CCC1. The van der Waals surface area contributed by atoms with Crippen molar-refractivity contribution >= 4 is 16.9 Å². The molecule has 25 heavy (non-hydrogen) atoms. The highest BCUT2D eigenvalue weighted by molar-refractivity contribution is 5.78. The fraction of sp³-hybridized carbons (Fsp3) is 0.579. The lowest BCUT2D eigenvalue weighted by Crippen LogP contribution is -2.47. The van der Waals surface area contributed by atoms with Crippen molar-refractivity contribution in [1.29, 1.82) is 0 Å². The van der Waals surface area contributed by atoms with Gasteiger partial charge in [-0.3, -0.25) is 9.36 Å². The van der Waals surface area contributed by atoms with Crippen molar-refractivity contribution < 1.29 is 9.53 Å². The number of hydrogen-bond donors (Lipinski definition) is 1. The molecule has 2 fully saturated rings. The average molecular weight is 343 g/mol. The van der Waals surface area contributed by atoms with Gasteiger partial charge in [-0.2, -0.15) is 0 Å². The molecule has 6 nitrogen and oxygen atoms in total. The number of benzene rings is 1. The number of likely N-dealkylation sites (tertiary alicyclic amines) is 1. The molecule has 1 aromatic carbocycles. The third kappa shape index (κ3) is 2.88. The molecule has 134 valence electrons. The summed E-state index contributed by atoms with van der Waals surface area (Å²) < 4.78 is 7.44. The zero-order chi connectivity index (χ0) is 17.4. The van der Waals surface area contributed by atoms with Gasteiger partial charge < -0.3 is 14.6 Å². The van der Waals surface area contributed by atoms with Gasteiger partial charge in [0.15, 0.2) is 0 Å². The van der Waals surface area contributed by atoms with Crippen LogP contribution in [-0.4, -0.2) is 46.2 Å². The fourth-order valence-corrected chi connectivity index (χ4v) is 4.22. The molecule has 2 aromatic rings. The molecule has 1 amide bonds. The number of aromatic nitrogens is 2. The number of amides is 1. The van der Waals surface area contributed by atoms with Crippen molar-refractivity contribution in [2.24, 2.45) is 0 Å². The number of methoxy groups -OCH3 is 1. The van der Waals surface area contributed by atoms with E-state index >= 15 is 0 Å². The largest absolute Gasteiger partial charge is 0.378 e. The summed E-state index contributed by atoms with van der Waals surface area (Å²) in [6.45, 7) is 1.41. The molecule has 1 aromatic heterocycles. The number of nitrogens with zero attached hydrogens (tertiary/aromatic N) is 2. The summed E-state index contributed by atoms with van der Waals surface area (Å²) in [6, 6.07) is 7.93. The van der Waals surface area contributed by atoms with Gasteiger partial charge in [0.25, 0.3) is 0 Å². The Kier molecular flexibility index (Phi) is 4.15. The van der Waals surface area contributed by atoms with Crippen molar-refractivity contribution in [2.45, 2.75) is 50.2 Å². The number of aromatic amines is 1. The van der Waals surface area contributed by atoms with Crippen LogP contribution in [0, 0.1) is 0 Å². The number of carbonyl (C=O) groups is 1. The second kappa shape index (κ2) is 6.33. The van der Waals surface area contributed by atoms with Crippen molar-refractivity contribution in [2.75, 3.05) is 20.2 Å². The van der Waals surface area contributed by atoms with Crippen LogP contribution in [0.4, 0.5) is 0 Å². The number of piperidine rings is 1. The number of imidazole rings is 1. The van der Waals surface area contributed by atoms with E-state index in [4.69, 9.17) is 4.74 Å². The second-order valence-electron chi connectivity index (χ2n) is 7.35. The van der Waals surface area contributed by atoms with Gasteiger partial charge >= 0.3 is 5.69 Å². The Labute approximate surface area is 146 Å². The zero-order valence-corrected chi connectivity index (χ0v) is 14.7. The summed E-state index contributed by atoms with van der Waals surface area (Å²) >= 11 is 0. The number of hydrogen-bond acceptors (Lipinski definition) is 3. The maximum atomic E-state index is 12.6. The normalized spacial score (nSPS) is 20.6. The van der Waals surface area contributed by atoms with Gasteiger partial charge in [0.05, 0.1) is 23.1 Å². The van der Waals surface area contributed by atoms with E-state index in [9.17, 15) is 9.59 Å². The van der Waals surface area contributed by atoms with E-state index in [0.29, 0.717) is 19.5 Å². The van der Waals surface area contributed by atoms with Crippen LogP contribution >= 0.6 is 0 Å². The van der Waals surface area contributed by atoms with Gasteiger partial charge in [-0.1, -0.05) is 12.1 Å². The molecule has 0 bridgehead atoms. The molecule has 2 heterocycles. The highest BCUT2D eigenvalue weighted by Crippen LogP contribution is 2.38. The van der Waals surface area contributed by atoms with Gasteiger partial charge in [-0.25, -0.2) is 4.79 Å². The van der Waals surface area contributed by atoms with Gasteiger partial charge in [0, 0.05) is 26.2 Å². The van der Waals surface area contributed by atoms with Gasteiger partial charge in [0.1, 0.15) is 0 Å². The predicted octanol–water partition coefficient (Wildman–Crippen LogP) is 2.45. The van der Waals surface area contributed by atoms with Crippen LogP contribution in [0.1, 0.15) is 44.6 Å². The van der Waals surface area contributed by atoms with E-state index in [2.05, 4.69) is 4.98 Å². The molecular weight excluding hydrogens is 318 g/mol. The van der Waals surface area contributed by atoms with Crippen LogP contribution in [0.25, 0.3) is 11.0 Å². The lowest BCUT2D eigenvalue weighted by atomic mass is 9.77. The van der Waals surface area contributed by atoms with Crippen LogP contribution in [0.5, 0.6) is 0 Å². The monoisotopic (exact) mass is 343 g/mol. The number of carbonyl (C=O) groups excluding carboxylic acids is 1. The zero-order valence-electron chi connectivity index (χ0n) is 14.7. The number of nitrogens with one attached hydrogen (secondary N) is 1. The maximum Gasteiger partial charge on any atom is 0.326 e. The standard InChI is InChI=1S/C19H25N3O3/c1-25-19(9-4-10-19)13-17(23)21-11-7-14(8-12-21)22-16-6-3-2-5-15(16)20-18(22)24/h2-3,5-6,14H,4,7-13H2,1H3,(H,20,24). The summed E-state index contributed by atoms with van der Waals surface area (Å²) in [7, 11) is 1.71. The van der Waals surface area contributed by atoms with Gasteiger partial charge in [0.2, 0.25) is 5.91 Å². The first kappa shape index (κ1) is 16.4. The highest BCUT2D eigenvalue weighted by atomic mass is 16.5. The molecular formula is C19H25N3O3. The Morgan fingerprint density at radius 1 is 1.28 bits per heavy atom. The Bertz CT molecular complexity index is 820. The molecule has 0 unspecified atom stereocenters. The second-order valence-corrected chi connectivity index (χ2v) is 7.35. The molecule has 2 aliphatic rings. The van der Waals surface area contributed by atoms with Gasteiger partial charge in [-0.05, 0) is 44.2 Å². The molecule has 1 saturated carbocycles. The summed E-state index contributed by atoms with van der Waals surface area (Å²) in [6.07, 6.45) is 5.22. The molecule has 0 radical (unpaired) electrons. The molecule has 1 aliphatic carbocycles. The summed E-state index contributed by atoms with van der Waals surface area (Å²) in [4.78, 5) is 29.8. The van der Waals surface area contributed by atoms with Crippen LogP contribution in [0.2, 0.25) is 0 Å². The summed E-state index contributed by atoms with van der Waals surface area (Å²) in [5.41, 5.74) is 1.55. The summed E-state index contributed by atoms with van der Waals surface area (Å²) in [5, 5.41) is 0. The minimum absolute atomic E-state index is 0.0567. The lowest BCUT2D eigenvalue weighted by Gasteiger charge is -2.42. The quantitative estimate of drug-likeness (QED) is 0.927. The number of fused-ring (bicyclic) bond motifs is 1. The van der Waals surface area contributed by atoms with E-state index in [1.165, 1.54) is 0 Å². The van der Waals surface area contributed by atoms with Crippen molar-refractivity contribution in [1.82, 2.24) is 14.5 Å². The first-order valence-electron chi connectivity index (χ1n) is 9.14. The van der Waals surface area contributed by atoms with Crippen LogP contribution < -0.4 is 5.69 Å². The van der Waals surface area contributed by atoms with Crippen molar-refractivity contribution in [3.05, 3.63) is 34.7 Å². The molecule has 1 N–H and O–H groups in total. The highest BCUT2D eigenvalue weighted by Gasteiger charge is 2.40. The molecule has 6 heteroatoms. The Morgan fingerprint density at radius 3 is 2.64 bits per heavy atom. The first-order valence-corrected chi connectivity index (χ1v) is 9.14. The predicted molar refractivity (Wildman–Crippen MR) is 95.6 cm³/mol. The van der Waals surface area contributed by atoms with Crippen molar-refractivity contribution in [3.8, 4) is 0 Å². The fourth-order valence-electron chi connectivity index (χ4n) is 4.22. The Hall–Kier alpha value is -2.08. The minimum Gasteiger partial charge on any atom is -0.378 e.